The lowest BCUT2D eigenvalue weighted by Crippen LogP contribution is -2.56. The highest BCUT2D eigenvalue weighted by Crippen LogP contribution is 2.42. The molecule has 0 radical (unpaired) electrons. The smallest absolute Gasteiger partial charge is 0.237 e. The van der Waals surface area contributed by atoms with Crippen molar-refractivity contribution in [3.05, 3.63) is 65.7 Å². The molecule has 3 fully saturated rings. The average Bonchev–Trinajstić information content (AvgIpc) is 3.16. The van der Waals surface area contributed by atoms with Gasteiger partial charge in [-0.2, -0.15) is 0 Å². The fourth-order valence-electron chi connectivity index (χ4n) is 5.60. The van der Waals surface area contributed by atoms with Crippen molar-refractivity contribution in [3.8, 4) is 0 Å². The maximum absolute atomic E-state index is 13.0. The second-order valence-electron chi connectivity index (χ2n) is 9.75. The number of rotatable bonds is 6. The molecule has 1 N–H and O–H groups in total. The molecule has 0 saturated carbocycles. The summed E-state index contributed by atoms with van der Waals surface area (Å²) in [6.45, 7) is 8.21. The number of benzene rings is 2. The largest absolute Gasteiger partial charge is 0.378 e. The summed E-state index contributed by atoms with van der Waals surface area (Å²) in [6.07, 6.45) is 0.955. The number of anilines is 1. The van der Waals surface area contributed by atoms with Crippen molar-refractivity contribution in [2.24, 2.45) is 5.41 Å². The summed E-state index contributed by atoms with van der Waals surface area (Å²) < 4.78 is 5.43. The van der Waals surface area contributed by atoms with Gasteiger partial charge in [0, 0.05) is 56.9 Å². The first-order valence-corrected chi connectivity index (χ1v) is 11.8. The first kappa shape index (κ1) is 21.4. The van der Waals surface area contributed by atoms with E-state index in [1.807, 2.05) is 0 Å². The predicted octanol–water partition coefficient (Wildman–Crippen LogP) is 2.35. The Kier molecular flexibility index (Phi) is 6.17. The Morgan fingerprint density at radius 2 is 1.72 bits per heavy atom. The zero-order chi connectivity index (χ0) is 22.0. The van der Waals surface area contributed by atoms with Gasteiger partial charge in [0.1, 0.15) is 0 Å². The molecule has 32 heavy (non-hydrogen) atoms. The summed E-state index contributed by atoms with van der Waals surface area (Å²) >= 11 is 0. The Morgan fingerprint density at radius 1 is 1.00 bits per heavy atom. The first-order chi connectivity index (χ1) is 15.6. The van der Waals surface area contributed by atoms with Gasteiger partial charge in [-0.05, 0) is 36.7 Å². The highest BCUT2D eigenvalue weighted by molar-refractivity contribution is 5.82. The molecular formula is C26H34N4O2. The predicted molar refractivity (Wildman–Crippen MR) is 127 cm³/mol. The van der Waals surface area contributed by atoms with Crippen LogP contribution in [0.2, 0.25) is 0 Å². The van der Waals surface area contributed by atoms with E-state index in [-0.39, 0.29) is 17.4 Å². The third-order valence-corrected chi connectivity index (χ3v) is 7.19. The van der Waals surface area contributed by atoms with Gasteiger partial charge in [-0.15, -0.1) is 0 Å². The van der Waals surface area contributed by atoms with Crippen LogP contribution in [0.25, 0.3) is 0 Å². The summed E-state index contributed by atoms with van der Waals surface area (Å²) in [6, 6.07) is 19.2. The van der Waals surface area contributed by atoms with Crippen LogP contribution in [0.4, 0.5) is 5.69 Å². The van der Waals surface area contributed by atoms with Gasteiger partial charge in [0.15, 0.2) is 0 Å². The summed E-state index contributed by atoms with van der Waals surface area (Å²) in [4.78, 5) is 20.0. The molecule has 1 spiro atoms. The van der Waals surface area contributed by atoms with E-state index in [9.17, 15) is 4.79 Å². The van der Waals surface area contributed by atoms with E-state index in [2.05, 4.69) is 81.7 Å². The lowest BCUT2D eigenvalue weighted by Gasteiger charge is -2.48. The van der Waals surface area contributed by atoms with Crippen LogP contribution in [0.5, 0.6) is 0 Å². The first-order valence-electron chi connectivity index (χ1n) is 11.8. The van der Waals surface area contributed by atoms with Gasteiger partial charge < -0.3 is 15.0 Å². The van der Waals surface area contributed by atoms with Crippen molar-refractivity contribution >= 4 is 11.6 Å². The standard InChI is InChI=1S/C26H34N4O2/c1-28-18-26(19-29(20-26)17-22-5-3-2-4-6-22)15-24(28)25(31)27-16-21-7-9-23(10-8-21)30-11-13-32-14-12-30/h2-10,24H,11-20H2,1H3,(H,27,31). The lowest BCUT2D eigenvalue weighted by atomic mass is 9.77. The van der Waals surface area contributed by atoms with Crippen LogP contribution >= 0.6 is 0 Å². The third kappa shape index (κ3) is 4.68. The second kappa shape index (κ2) is 9.22. The zero-order valence-electron chi connectivity index (χ0n) is 19.0. The molecule has 0 aliphatic carbocycles. The van der Waals surface area contributed by atoms with Crippen molar-refractivity contribution in [2.45, 2.75) is 25.6 Å². The van der Waals surface area contributed by atoms with E-state index >= 15 is 0 Å². The molecule has 0 bridgehead atoms. The minimum atomic E-state index is -0.0264. The maximum atomic E-state index is 13.0. The van der Waals surface area contributed by atoms with Crippen molar-refractivity contribution in [1.82, 2.24) is 15.1 Å². The minimum absolute atomic E-state index is 0.0264. The number of carbonyl (C=O) groups is 1. The number of amides is 1. The average molecular weight is 435 g/mol. The number of morpholine rings is 1. The fourth-order valence-corrected chi connectivity index (χ4v) is 5.60. The zero-order valence-corrected chi connectivity index (χ0v) is 19.0. The van der Waals surface area contributed by atoms with Gasteiger partial charge in [-0.1, -0.05) is 42.5 Å². The number of hydrogen-bond acceptors (Lipinski definition) is 5. The molecule has 0 aromatic heterocycles. The van der Waals surface area contributed by atoms with E-state index in [4.69, 9.17) is 4.74 Å². The highest BCUT2D eigenvalue weighted by Gasteiger charge is 2.51. The SMILES string of the molecule is CN1CC2(CC1C(=O)NCc1ccc(N3CCOCC3)cc1)CN(Cc1ccccc1)C2. The molecule has 3 aliphatic heterocycles. The number of nitrogens with zero attached hydrogens (tertiary/aromatic N) is 3. The molecule has 1 amide bonds. The third-order valence-electron chi connectivity index (χ3n) is 7.19. The van der Waals surface area contributed by atoms with E-state index in [1.165, 1.54) is 11.3 Å². The summed E-state index contributed by atoms with van der Waals surface area (Å²) in [7, 11) is 2.09. The number of hydrogen-bond donors (Lipinski definition) is 1. The van der Waals surface area contributed by atoms with Gasteiger partial charge in [0.2, 0.25) is 5.91 Å². The van der Waals surface area contributed by atoms with Gasteiger partial charge >= 0.3 is 0 Å². The Balaban J connectivity index is 1.10. The summed E-state index contributed by atoms with van der Waals surface area (Å²) in [5, 5.41) is 3.18. The Morgan fingerprint density at radius 3 is 2.44 bits per heavy atom. The molecule has 2 aromatic rings. The Labute approximate surface area is 191 Å². The number of nitrogens with one attached hydrogen (secondary N) is 1. The molecule has 3 heterocycles. The van der Waals surface area contributed by atoms with Crippen molar-refractivity contribution in [1.29, 1.82) is 0 Å². The molecular weight excluding hydrogens is 400 g/mol. The van der Waals surface area contributed by atoms with Crippen molar-refractivity contribution in [3.63, 3.8) is 0 Å². The molecule has 3 saturated heterocycles. The van der Waals surface area contributed by atoms with E-state index in [0.29, 0.717) is 6.54 Å². The second-order valence-corrected chi connectivity index (χ2v) is 9.75. The topological polar surface area (TPSA) is 48.1 Å². The van der Waals surface area contributed by atoms with Gasteiger partial charge in [0.25, 0.3) is 0 Å². The summed E-state index contributed by atoms with van der Waals surface area (Å²) in [5.41, 5.74) is 4.00. The molecule has 6 heteroatoms. The molecule has 1 unspecified atom stereocenters. The minimum Gasteiger partial charge on any atom is -0.378 e. The van der Waals surface area contributed by atoms with Gasteiger partial charge in [-0.25, -0.2) is 0 Å². The maximum Gasteiger partial charge on any atom is 0.237 e. The van der Waals surface area contributed by atoms with Crippen LogP contribution in [-0.4, -0.2) is 74.7 Å². The van der Waals surface area contributed by atoms with E-state index in [0.717, 1.165) is 64.5 Å². The van der Waals surface area contributed by atoms with Crippen LogP contribution in [0, 0.1) is 5.41 Å². The summed E-state index contributed by atoms with van der Waals surface area (Å²) in [5.74, 6) is 0.156. The van der Waals surface area contributed by atoms with E-state index < -0.39 is 0 Å². The highest BCUT2D eigenvalue weighted by atomic mass is 16.5. The number of ether oxygens (including phenoxy) is 1. The molecule has 2 aromatic carbocycles. The van der Waals surface area contributed by atoms with E-state index in [1.54, 1.807) is 0 Å². The molecule has 3 aliphatic rings. The Hall–Kier alpha value is -2.41. The van der Waals surface area contributed by atoms with Gasteiger partial charge in [-0.3, -0.25) is 14.6 Å². The van der Waals surface area contributed by atoms with Gasteiger partial charge in [0.05, 0.1) is 19.3 Å². The van der Waals surface area contributed by atoms with Crippen LogP contribution in [0.15, 0.2) is 54.6 Å². The molecule has 5 rings (SSSR count). The molecule has 170 valence electrons. The van der Waals surface area contributed by atoms with Crippen molar-refractivity contribution in [2.75, 3.05) is 57.9 Å². The molecule has 1 atom stereocenters. The van der Waals surface area contributed by atoms with Crippen LogP contribution in [0.1, 0.15) is 17.5 Å². The van der Waals surface area contributed by atoms with Crippen LogP contribution < -0.4 is 10.2 Å². The number of likely N-dealkylation sites (N-methyl/N-ethyl adjacent to an activating group) is 1. The van der Waals surface area contributed by atoms with Crippen LogP contribution in [0.3, 0.4) is 0 Å². The normalized spacial score (nSPS) is 23.3. The van der Waals surface area contributed by atoms with Crippen LogP contribution in [-0.2, 0) is 22.6 Å². The number of likely N-dealkylation sites (tertiary alicyclic amines) is 2. The van der Waals surface area contributed by atoms with Crippen molar-refractivity contribution < 1.29 is 9.53 Å². The molecule has 6 nitrogen and oxygen atoms in total. The number of carbonyl (C=O) groups excluding carboxylic acids is 1. The lowest BCUT2D eigenvalue weighted by molar-refractivity contribution is -0.125. The monoisotopic (exact) mass is 434 g/mol. The fraction of sp³-hybridized carbons (Fsp3) is 0.500. The quantitative estimate of drug-likeness (QED) is 0.756. The Bertz CT molecular complexity index is 905.